The van der Waals surface area contributed by atoms with E-state index < -0.39 is 11.8 Å². The van der Waals surface area contributed by atoms with Gasteiger partial charge in [0.2, 0.25) is 0 Å². The van der Waals surface area contributed by atoms with Crippen LogP contribution in [0.4, 0.5) is 10.1 Å². The Morgan fingerprint density at radius 2 is 1.80 bits per heavy atom. The smallest absolute Gasteiger partial charge is 0.335 e. The highest BCUT2D eigenvalue weighted by molar-refractivity contribution is 5.88. The summed E-state index contributed by atoms with van der Waals surface area (Å²) in [7, 11) is 0. The third kappa shape index (κ3) is 3.10. The number of rotatable bonds is 2. The van der Waals surface area contributed by atoms with Crippen LogP contribution < -0.4 is 4.90 Å². The van der Waals surface area contributed by atoms with E-state index in [-0.39, 0.29) is 16.8 Å². The summed E-state index contributed by atoms with van der Waals surface area (Å²) in [6.45, 7) is 8.96. The molecule has 0 unspecified atom stereocenters. The van der Waals surface area contributed by atoms with Crippen molar-refractivity contribution in [3.63, 3.8) is 0 Å². The molecule has 0 bridgehead atoms. The molecule has 0 aromatic heterocycles. The maximum atomic E-state index is 14.2. The Morgan fingerprint density at radius 3 is 2.25 bits per heavy atom. The van der Waals surface area contributed by atoms with Gasteiger partial charge in [0.05, 0.1) is 22.5 Å². The monoisotopic (exact) mass is 281 g/mol. The summed E-state index contributed by atoms with van der Waals surface area (Å²) >= 11 is 0. The summed E-state index contributed by atoms with van der Waals surface area (Å²) in [6.07, 6.45) is 0. The fourth-order valence-corrected chi connectivity index (χ4v) is 2.85. The van der Waals surface area contributed by atoms with Crippen molar-refractivity contribution in [3.8, 4) is 0 Å². The van der Waals surface area contributed by atoms with Gasteiger partial charge >= 0.3 is 5.97 Å². The number of carbonyl (C=O) groups is 1. The molecule has 1 heterocycles. The van der Waals surface area contributed by atoms with Crippen molar-refractivity contribution in [2.75, 3.05) is 18.0 Å². The number of halogens is 1. The molecule has 1 aliphatic heterocycles. The van der Waals surface area contributed by atoms with Gasteiger partial charge in [0.25, 0.3) is 0 Å². The van der Waals surface area contributed by atoms with Crippen LogP contribution in [0.3, 0.4) is 0 Å². The molecule has 0 spiro atoms. The minimum Gasteiger partial charge on any atom is -0.478 e. The van der Waals surface area contributed by atoms with Gasteiger partial charge in [-0.25, -0.2) is 9.18 Å². The number of benzene rings is 1. The SMILES string of the molecule is CC1(C)CN(c2ccc(C(=O)O)cc2F)CC(C)(C)O1. The fraction of sp³-hybridized carbons (Fsp3) is 0.533. The summed E-state index contributed by atoms with van der Waals surface area (Å²) in [6, 6.07) is 4.01. The Hall–Kier alpha value is -1.62. The molecule has 1 aromatic carbocycles. The topological polar surface area (TPSA) is 49.8 Å². The molecular formula is C15H20FNO3. The van der Waals surface area contributed by atoms with Crippen LogP contribution in [0.2, 0.25) is 0 Å². The highest BCUT2D eigenvalue weighted by atomic mass is 19.1. The van der Waals surface area contributed by atoms with Gasteiger partial charge in [-0.1, -0.05) is 0 Å². The van der Waals surface area contributed by atoms with Gasteiger partial charge in [-0.15, -0.1) is 0 Å². The Kier molecular flexibility index (Phi) is 3.50. The molecule has 20 heavy (non-hydrogen) atoms. The summed E-state index contributed by atoms with van der Waals surface area (Å²) in [4.78, 5) is 12.8. The molecule has 5 heteroatoms. The molecule has 2 rings (SSSR count). The second-order valence-electron chi connectivity index (χ2n) is 6.45. The van der Waals surface area contributed by atoms with Gasteiger partial charge in [0.1, 0.15) is 5.82 Å². The lowest BCUT2D eigenvalue weighted by Crippen LogP contribution is -2.57. The van der Waals surface area contributed by atoms with Crippen molar-refractivity contribution < 1.29 is 19.0 Å². The van der Waals surface area contributed by atoms with Crippen molar-refractivity contribution in [2.45, 2.75) is 38.9 Å². The Balaban J connectivity index is 2.34. The van der Waals surface area contributed by atoms with Crippen molar-refractivity contribution >= 4 is 11.7 Å². The largest absolute Gasteiger partial charge is 0.478 e. The summed E-state index contributed by atoms with van der Waals surface area (Å²) in [5, 5.41) is 8.88. The van der Waals surface area contributed by atoms with Crippen LogP contribution in [0, 0.1) is 5.82 Å². The molecule has 0 saturated carbocycles. The first-order chi connectivity index (χ1) is 9.10. The first-order valence-electron chi connectivity index (χ1n) is 6.58. The van der Waals surface area contributed by atoms with Crippen LogP contribution in [-0.2, 0) is 4.74 Å². The number of hydrogen-bond donors (Lipinski definition) is 1. The van der Waals surface area contributed by atoms with Gasteiger partial charge in [0.15, 0.2) is 0 Å². The zero-order valence-corrected chi connectivity index (χ0v) is 12.2. The third-order valence-corrected chi connectivity index (χ3v) is 3.23. The van der Waals surface area contributed by atoms with Gasteiger partial charge in [-0.3, -0.25) is 0 Å². The average Bonchev–Trinajstić information content (AvgIpc) is 2.24. The van der Waals surface area contributed by atoms with E-state index in [0.717, 1.165) is 6.07 Å². The first-order valence-corrected chi connectivity index (χ1v) is 6.58. The van der Waals surface area contributed by atoms with Gasteiger partial charge in [-0.2, -0.15) is 0 Å². The number of ether oxygens (including phenoxy) is 1. The lowest BCUT2D eigenvalue weighted by Gasteiger charge is -2.48. The summed E-state index contributed by atoms with van der Waals surface area (Å²) in [5.41, 5.74) is -0.406. The van der Waals surface area contributed by atoms with E-state index in [2.05, 4.69) is 0 Å². The van der Waals surface area contributed by atoms with Gasteiger partial charge in [0, 0.05) is 13.1 Å². The van der Waals surface area contributed by atoms with Crippen LogP contribution in [0.1, 0.15) is 38.1 Å². The minimum atomic E-state index is -1.13. The molecule has 1 saturated heterocycles. The molecule has 1 N–H and O–H groups in total. The number of nitrogens with zero attached hydrogens (tertiary/aromatic N) is 1. The molecule has 0 aliphatic carbocycles. The van der Waals surface area contributed by atoms with Gasteiger partial charge in [-0.05, 0) is 45.9 Å². The zero-order chi connectivity index (χ0) is 15.1. The Bertz CT molecular complexity index is 524. The number of aromatic carboxylic acids is 1. The van der Waals surface area contributed by atoms with E-state index in [1.807, 2.05) is 32.6 Å². The van der Waals surface area contributed by atoms with Crippen molar-refractivity contribution in [3.05, 3.63) is 29.6 Å². The van der Waals surface area contributed by atoms with E-state index in [4.69, 9.17) is 9.84 Å². The average molecular weight is 281 g/mol. The third-order valence-electron chi connectivity index (χ3n) is 3.23. The Morgan fingerprint density at radius 1 is 1.25 bits per heavy atom. The highest BCUT2D eigenvalue weighted by Gasteiger charge is 2.38. The number of carboxylic acid groups (broad SMARTS) is 1. The summed E-state index contributed by atoms with van der Waals surface area (Å²) < 4.78 is 20.1. The molecule has 4 nitrogen and oxygen atoms in total. The van der Waals surface area contributed by atoms with E-state index in [9.17, 15) is 9.18 Å². The molecular weight excluding hydrogens is 261 g/mol. The second kappa shape index (κ2) is 4.74. The zero-order valence-electron chi connectivity index (χ0n) is 12.2. The number of carboxylic acids is 1. The maximum Gasteiger partial charge on any atom is 0.335 e. The van der Waals surface area contributed by atoms with E-state index in [1.165, 1.54) is 12.1 Å². The van der Waals surface area contributed by atoms with Crippen LogP contribution in [0.5, 0.6) is 0 Å². The molecule has 0 atom stereocenters. The lowest BCUT2D eigenvalue weighted by molar-refractivity contribution is -0.133. The lowest BCUT2D eigenvalue weighted by atomic mass is 9.98. The van der Waals surface area contributed by atoms with E-state index in [1.54, 1.807) is 0 Å². The number of hydrogen-bond acceptors (Lipinski definition) is 3. The molecule has 1 fully saturated rings. The highest BCUT2D eigenvalue weighted by Crippen LogP contribution is 2.32. The molecule has 1 aliphatic rings. The van der Waals surface area contributed by atoms with E-state index in [0.29, 0.717) is 18.8 Å². The normalized spacial score (nSPS) is 20.8. The molecule has 0 radical (unpaired) electrons. The predicted octanol–water partition coefficient (Wildman–Crippen LogP) is 2.92. The van der Waals surface area contributed by atoms with E-state index >= 15 is 0 Å². The van der Waals surface area contributed by atoms with Crippen LogP contribution in [0.15, 0.2) is 18.2 Å². The molecule has 110 valence electrons. The number of anilines is 1. The first kappa shape index (κ1) is 14.8. The van der Waals surface area contributed by atoms with Crippen LogP contribution >= 0.6 is 0 Å². The van der Waals surface area contributed by atoms with Crippen molar-refractivity contribution in [1.82, 2.24) is 0 Å². The predicted molar refractivity (Wildman–Crippen MR) is 74.8 cm³/mol. The molecule has 1 aromatic rings. The molecule has 0 amide bonds. The standard InChI is InChI=1S/C15H20FNO3/c1-14(2)8-17(9-15(3,4)20-14)12-6-5-10(13(18)19)7-11(12)16/h5-7H,8-9H2,1-4H3,(H,18,19). The fourth-order valence-electron chi connectivity index (χ4n) is 2.85. The maximum absolute atomic E-state index is 14.2. The van der Waals surface area contributed by atoms with Crippen LogP contribution in [-0.4, -0.2) is 35.4 Å². The quantitative estimate of drug-likeness (QED) is 0.905. The van der Waals surface area contributed by atoms with Gasteiger partial charge < -0.3 is 14.7 Å². The van der Waals surface area contributed by atoms with Crippen LogP contribution in [0.25, 0.3) is 0 Å². The van der Waals surface area contributed by atoms with Crippen molar-refractivity contribution in [2.24, 2.45) is 0 Å². The Labute approximate surface area is 118 Å². The van der Waals surface area contributed by atoms with Crippen molar-refractivity contribution in [1.29, 1.82) is 0 Å². The second-order valence-corrected chi connectivity index (χ2v) is 6.45. The number of morpholine rings is 1. The minimum absolute atomic E-state index is 0.0435. The summed E-state index contributed by atoms with van der Waals surface area (Å²) in [5.74, 6) is -1.64.